The molecule has 0 atom stereocenters. The molecule has 0 saturated heterocycles. The summed E-state index contributed by atoms with van der Waals surface area (Å²) in [5.41, 5.74) is 2.07. The van der Waals surface area contributed by atoms with Gasteiger partial charge in [-0.2, -0.15) is 0 Å². The third-order valence-electron chi connectivity index (χ3n) is 3.04. The Morgan fingerprint density at radius 2 is 1.83 bits per heavy atom. The highest BCUT2D eigenvalue weighted by molar-refractivity contribution is 6.35. The Kier molecular flexibility index (Phi) is 4.32. The summed E-state index contributed by atoms with van der Waals surface area (Å²) in [4.78, 5) is 12.1. The Morgan fingerprint density at radius 1 is 1.09 bits per heavy atom. The summed E-state index contributed by atoms with van der Waals surface area (Å²) in [5, 5.41) is 11.2. The molecule has 5 nitrogen and oxygen atoms in total. The van der Waals surface area contributed by atoms with Crippen LogP contribution in [0.25, 0.3) is 11.5 Å². The predicted molar refractivity (Wildman–Crippen MR) is 88.9 cm³/mol. The highest BCUT2D eigenvalue weighted by Crippen LogP contribution is 2.27. The summed E-state index contributed by atoms with van der Waals surface area (Å²) in [7, 11) is 0. The number of amides is 1. The number of rotatable bonds is 3. The van der Waals surface area contributed by atoms with E-state index in [4.69, 9.17) is 27.6 Å². The Morgan fingerprint density at radius 3 is 2.52 bits per heavy atom. The van der Waals surface area contributed by atoms with E-state index in [0.29, 0.717) is 21.2 Å². The molecule has 7 heteroatoms. The predicted octanol–water partition coefficient (Wildman–Crippen LogP) is 4.60. The number of aromatic nitrogens is 2. The first-order chi connectivity index (χ1) is 11.0. The maximum absolute atomic E-state index is 12.1. The van der Waals surface area contributed by atoms with Crippen molar-refractivity contribution in [2.75, 3.05) is 5.32 Å². The molecule has 1 N–H and O–H groups in total. The summed E-state index contributed by atoms with van der Waals surface area (Å²) < 4.78 is 5.43. The van der Waals surface area contributed by atoms with Crippen molar-refractivity contribution in [1.82, 2.24) is 10.2 Å². The smallest absolute Gasteiger partial charge is 0.322 e. The molecule has 0 unspecified atom stereocenters. The lowest BCUT2D eigenvalue weighted by Gasteiger charge is -2.01. The SMILES string of the molecule is Cc1cccc(C(=O)Nc2nnc(-c3cc(Cl)cc(Cl)c3)o2)c1. The molecule has 0 aliphatic carbocycles. The van der Waals surface area contributed by atoms with E-state index in [1.54, 1.807) is 36.4 Å². The number of hydrogen-bond donors (Lipinski definition) is 1. The molecule has 1 amide bonds. The highest BCUT2D eigenvalue weighted by Gasteiger charge is 2.13. The second-order valence-electron chi connectivity index (χ2n) is 4.89. The average Bonchev–Trinajstić information content (AvgIpc) is 2.95. The second kappa shape index (κ2) is 6.40. The zero-order chi connectivity index (χ0) is 16.4. The molecule has 2 aromatic carbocycles. The fraction of sp³-hybridized carbons (Fsp3) is 0.0625. The number of carbonyl (C=O) groups excluding carboxylic acids is 1. The summed E-state index contributed by atoms with van der Waals surface area (Å²) in [6.07, 6.45) is 0. The van der Waals surface area contributed by atoms with Crippen molar-refractivity contribution in [2.45, 2.75) is 6.92 Å². The van der Waals surface area contributed by atoms with Crippen LogP contribution in [0.5, 0.6) is 0 Å². The maximum atomic E-state index is 12.1. The zero-order valence-electron chi connectivity index (χ0n) is 12.0. The highest BCUT2D eigenvalue weighted by atomic mass is 35.5. The first-order valence-electron chi connectivity index (χ1n) is 6.69. The van der Waals surface area contributed by atoms with Gasteiger partial charge in [-0.15, -0.1) is 5.10 Å². The van der Waals surface area contributed by atoms with Crippen LogP contribution in [0, 0.1) is 6.92 Å². The molecule has 3 aromatic rings. The zero-order valence-corrected chi connectivity index (χ0v) is 13.5. The van der Waals surface area contributed by atoms with Gasteiger partial charge in [-0.25, -0.2) is 0 Å². The normalized spacial score (nSPS) is 10.6. The molecule has 23 heavy (non-hydrogen) atoms. The first kappa shape index (κ1) is 15.5. The quantitative estimate of drug-likeness (QED) is 0.751. The standard InChI is InChI=1S/C16H11Cl2N3O2/c1-9-3-2-4-10(5-9)14(22)19-16-21-20-15(23-16)11-6-12(17)8-13(18)7-11/h2-8H,1H3,(H,19,21,22). The van der Waals surface area contributed by atoms with Gasteiger partial charge in [0.25, 0.3) is 5.91 Å². The molecule has 1 heterocycles. The van der Waals surface area contributed by atoms with Crippen molar-refractivity contribution in [3.63, 3.8) is 0 Å². The van der Waals surface area contributed by atoms with Crippen LogP contribution in [0.2, 0.25) is 10.0 Å². The van der Waals surface area contributed by atoms with Crippen LogP contribution in [0.1, 0.15) is 15.9 Å². The monoisotopic (exact) mass is 347 g/mol. The van der Waals surface area contributed by atoms with Crippen LogP contribution in [0.15, 0.2) is 46.9 Å². The van der Waals surface area contributed by atoms with E-state index in [1.165, 1.54) is 0 Å². The third-order valence-corrected chi connectivity index (χ3v) is 3.47. The van der Waals surface area contributed by atoms with Crippen molar-refractivity contribution in [1.29, 1.82) is 0 Å². The summed E-state index contributed by atoms with van der Waals surface area (Å²) >= 11 is 11.9. The van der Waals surface area contributed by atoms with Gasteiger partial charge in [0.1, 0.15) is 0 Å². The van der Waals surface area contributed by atoms with Crippen molar-refractivity contribution in [2.24, 2.45) is 0 Å². The van der Waals surface area contributed by atoms with Crippen molar-refractivity contribution < 1.29 is 9.21 Å². The Hall–Kier alpha value is -2.37. The van der Waals surface area contributed by atoms with Crippen molar-refractivity contribution >= 4 is 35.1 Å². The van der Waals surface area contributed by atoms with E-state index in [2.05, 4.69) is 15.5 Å². The molecule has 0 radical (unpaired) electrons. The van der Waals surface area contributed by atoms with Gasteiger partial charge < -0.3 is 4.42 Å². The summed E-state index contributed by atoms with van der Waals surface area (Å²) in [5.74, 6) is -0.109. The van der Waals surface area contributed by atoms with Gasteiger partial charge in [0.05, 0.1) is 0 Å². The minimum absolute atomic E-state index is 0.00241. The summed E-state index contributed by atoms with van der Waals surface area (Å²) in [6, 6.07) is 12.1. The number of nitrogens with one attached hydrogen (secondary N) is 1. The van der Waals surface area contributed by atoms with Crippen LogP contribution in [-0.2, 0) is 0 Å². The molecule has 0 aliphatic rings. The first-order valence-corrected chi connectivity index (χ1v) is 7.45. The molecule has 0 fully saturated rings. The van der Waals surface area contributed by atoms with Gasteiger partial charge in [0, 0.05) is 21.2 Å². The number of hydrogen-bond acceptors (Lipinski definition) is 4. The molecular formula is C16H11Cl2N3O2. The number of aryl methyl sites for hydroxylation is 1. The molecule has 116 valence electrons. The van der Waals surface area contributed by atoms with Crippen LogP contribution in [0.4, 0.5) is 6.01 Å². The van der Waals surface area contributed by atoms with E-state index in [1.807, 2.05) is 13.0 Å². The molecule has 1 aromatic heterocycles. The maximum Gasteiger partial charge on any atom is 0.322 e. The lowest BCUT2D eigenvalue weighted by molar-refractivity contribution is 0.102. The molecule has 0 aliphatic heterocycles. The fourth-order valence-electron chi connectivity index (χ4n) is 2.02. The average molecular weight is 348 g/mol. The number of halogens is 2. The Labute approximate surface area is 142 Å². The second-order valence-corrected chi connectivity index (χ2v) is 5.77. The van der Waals surface area contributed by atoms with Crippen LogP contribution in [0.3, 0.4) is 0 Å². The Bertz CT molecular complexity index is 857. The van der Waals surface area contributed by atoms with E-state index in [9.17, 15) is 4.79 Å². The third kappa shape index (κ3) is 3.70. The van der Waals surface area contributed by atoms with Crippen LogP contribution < -0.4 is 5.32 Å². The summed E-state index contributed by atoms with van der Waals surface area (Å²) in [6.45, 7) is 1.91. The van der Waals surface area contributed by atoms with Crippen molar-refractivity contribution in [3.05, 3.63) is 63.6 Å². The molecule has 0 spiro atoms. The van der Waals surface area contributed by atoms with E-state index in [-0.39, 0.29) is 17.8 Å². The molecule has 0 saturated carbocycles. The van der Waals surface area contributed by atoms with Gasteiger partial charge >= 0.3 is 6.01 Å². The van der Waals surface area contributed by atoms with Gasteiger partial charge in [0.2, 0.25) is 5.89 Å². The number of anilines is 1. The number of benzene rings is 2. The molecular weight excluding hydrogens is 337 g/mol. The van der Waals surface area contributed by atoms with E-state index >= 15 is 0 Å². The van der Waals surface area contributed by atoms with E-state index < -0.39 is 0 Å². The van der Waals surface area contributed by atoms with Gasteiger partial charge in [0.15, 0.2) is 0 Å². The van der Waals surface area contributed by atoms with E-state index in [0.717, 1.165) is 5.56 Å². The molecule has 3 rings (SSSR count). The van der Waals surface area contributed by atoms with Crippen LogP contribution in [-0.4, -0.2) is 16.1 Å². The molecule has 0 bridgehead atoms. The van der Waals surface area contributed by atoms with Crippen LogP contribution >= 0.6 is 23.2 Å². The lowest BCUT2D eigenvalue weighted by atomic mass is 10.1. The van der Waals surface area contributed by atoms with Gasteiger partial charge in [-0.3, -0.25) is 10.1 Å². The minimum Gasteiger partial charge on any atom is -0.403 e. The number of nitrogens with zero attached hydrogens (tertiary/aromatic N) is 2. The minimum atomic E-state index is -0.326. The van der Waals surface area contributed by atoms with Gasteiger partial charge in [-0.05, 0) is 37.3 Å². The lowest BCUT2D eigenvalue weighted by Crippen LogP contribution is -2.12. The van der Waals surface area contributed by atoms with Crippen molar-refractivity contribution in [3.8, 4) is 11.5 Å². The largest absolute Gasteiger partial charge is 0.403 e. The topological polar surface area (TPSA) is 68.0 Å². The fourth-order valence-corrected chi connectivity index (χ4v) is 2.55. The Balaban J connectivity index is 1.81. The van der Waals surface area contributed by atoms with Gasteiger partial charge in [-0.1, -0.05) is 46.0 Å². The number of carbonyl (C=O) groups is 1.